The minimum absolute atomic E-state index is 0.282. The Morgan fingerprint density at radius 1 is 0.692 bits per heavy atom. The summed E-state index contributed by atoms with van der Waals surface area (Å²) in [6.07, 6.45) is 0. The molecule has 208 valence electrons. The number of ether oxygens (including phenoxy) is 1. The zero-order chi connectivity index (χ0) is 28.2. The molecule has 0 aromatic heterocycles. The van der Waals surface area contributed by atoms with Crippen LogP contribution in [0.4, 0.5) is 0 Å². The molecule has 1 heterocycles. The summed E-state index contributed by atoms with van der Waals surface area (Å²) < 4.78 is 19.9. The number of hydrogen-bond acceptors (Lipinski definition) is 4. The smallest absolute Gasteiger partial charge is 0.335 e. The highest BCUT2D eigenvalue weighted by Gasteiger charge is 2.35. The Balaban J connectivity index is 1.85. The number of carboxylic acids is 1. The average molecular weight is 563 g/mol. The van der Waals surface area contributed by atoms with Gasteiger partial charge in [-0.25, -0.2) is 4.79 Å². The van der Waals surface area contributed by atoms with Gasteiger partial charge in [-0.05, 0) is 60.0 Å². The summed E-state index contributed by atoms with van der Waals surface area (Å²) in [5.41, 5.74) is 2.92. The summed E-state index contributed by atoms with van der Waals surface area (Å²) >= 11 is 0. The molecule has 1 aliphatic rings. The van der Waals surface area contributed by atoms with Crippen molar-refractivity contribution in [2.24, 2.45) is 0 Å². The second kappa shape index (κ2) is 12.0. The maximum atomic E-state index is 12.2. The molecule has 0 bridgehead atoms. The lowest BCUT2D eigenvalue weighted by Gasteiger charge is -2.33. The van der Waals surface area contributed by atoms with E-state index in [1.807, 2.05) is 48.5 Å². The van der Waals surface area contributed by atoms with Crippen molar-refractivity contribution >= 4 is 22.6 Å². The molecule has 0 aliphatic carbocycles. The molecule has 0 spiro atoms. The van der Waals surface area contributed by atoms with Gasteiger partial charge in [-0.15, -0.1) is 0 Å². The van der Waals surface area contributed by atoms with Crippen LogP contribution in [0.15, 0.2) is 60.7 Å². The number of hydrogen-bond donors (Lipinski definition) is 1. The molecule has 3 aromatic rings. The first-order valence-corrected chi connectivity index (χ1v) is 19.5. The molecule has 0 saturated carbocycles. The van der Waals surface area contributed by atoms with E-state index >= 15 is 0 Å². The van der Waals surface area contributed by atoms with E-state index in [1.54, 1.807) is 12.1 Å². The molecule has 0 atom stereocenters. The third-order valence-corrected chi connectivity index (χ3v) is 17.9. The van der Waals surface area contributed by atoms with Gasteiger partial charge in [0.15, 0.2) is 0 Å². The average Bonchev–Trinajstić information content (AvgIpc) is 2.97. The van der Waals surface area contributed by atoms with Crippen LogP contribution in [0.2, 0.25) is 36.3 Å². The van der Waals surface area contributed by atoms with E-state index in [0.717, 1.165) is 64.5 Å². The van der Waals surface area contributed by atoms with E-state index in [2.05, 4.69) is 41.5 Å². The quantitative estimate of drug-likeness (QED) is 0.174. The fourth-order valence-corrected chi connectivity index (χ4v) is 10.9. The van der Waals surface area contributed by atoms with Crippen molar-refractivity contribution < 1.29 is 23.5 Å². The molecule has 0 fully saturated rings. The minimum Gasteiger partial charge on any atom is -0.543 e. The first-order chi connectivity index (χ1) is 18.8. The van der Waals surface area contributed by atoms with Crippen LogP contribution >= 0.6 is 0 Å². The number of carbonyl (C=O) groups is 1. The Morgan fingerprint density at radius 2 is 1.13 bits per heavy atom. The predicted octanol–water partition coefficient (Wildman–Crippen LogP) is 9.44. The molecule has 1 N–H and O–H groups in total. The zero-order valence-electron chi connectivity index (χ0n) is 24.2. The highest BCUT2D eigenvalue weighted by Crippen LogP contribution is 2.50. The number of fused-ring (bicyclic) bond motifs is 2. The van der Waals surface area contributed by atoms with Crippen LogP contribution in [0, 0.1) is 0 Å². The van der Waals surface area contributed by atoms with Crippen molar-refractivity contribution in [3.05, 3.63) is 82.9 Å². The van der Waals surface area contributed by atoms with Gasteiger partial charge < -0.3 is 18.7 Å². The molecular weight excluding hydrogens is 521 g/mol. The lowest BCUT2D eigenvalue weighted by Crippen LogP contribution is -2.39. The van der Waals surface area contributed by atoms with Gasteiger partial charge in [0, 0.05) is 29.2 Å². The van der Waals surface area contributed by atoms with Crippen molar-refractivity contribution in [2.75, 3.05) is 0 Å². The largest absolute Gasteiger partial charge is 0.543 e. The Bertz CT molecular complexity index is 1230. The molecule has 0 radical (unpaired) electrons. The predicted molar refractivity (Wildman–Crippen MR) is 163 cm³/mol. The molecule has 7 heteroatoms. The summed E-state index contributed by atoms with van der Waals surface area (Å²) in [6.45, 7) is 13.3. The minimum atomic E-state index is -1.88. The van der Waals surface area contributed by atoms with Crippen molar-refractivity contribution in [2.45, 2.75) is 83.7 Å². The van der Waals surface area contributed by atoms with Gasteiger partial charge in [0.2, 0.25) is 16.6 Å². The highest BCUT2D eigenvalue weighted by molar-refractivity contribution is 6.74. The molecule has 39 heavy (non-hydrogen) atoms. The molecule has 5 nitrogen and oxygen atoms in total. The maximum Gasteiger partial charge on any atom is 0.335 e. The number of aromatic carboxylic acids is 1. The molecular formula is C32H42O5Si2. The van der Waals surface area contributed by atoms with E-state index in [9.17, 15) is 9.90 Å². The molecule has 0 amide bonds. The Morgan fingerprint density at radius 3 is 1.54 bits per heavy atom. The number of rotatable bonds is 12. The van der Waals surface area contributed by atoms with Crippen molar-refractivity contribution in [3.63, 3.8) is 0 Å². The van der Waals surface area contributed by atoms with Crippen LogP contribution in [-0.2, 0) is 0 Å². The lowest BCUT2D eigenvalue weighted by molar-refractivity contribution is 0.0695. The van der Waals surface area contributed by atoms with E-state index in [1.165, 1.54) is 0 Å². The molecule has 0 unspecified atom stereocenters. The second-order valence-electron chi connectivity index (χ2n) is 10.5. The first-order valence-electron chi connectivity index (χ1n) is 14.4. The molecule has 4 rings (SSSR count). The van der Waals surface area contributed by atoms with Gasteiger partial charge in [-0.1, -0.05) is 71.9 Å². The fourth-order valence-electron chi connectivity index (χ4n) is 5.81. The van der Waals surface area contributed by atoms with Crippen LogP contribution < -0.4 is 13.6 Å². The summed E-state index contributed by atoms with van der Waals surface area (Å²) in [5, 5.41) is 10.0. The topological polar surface area (TPSA) is 65.0 Å². The summed E-state index contributed by atoms with van der Waals surface area (Å²) in [7, 11) is -3.75. The summed E-state index contributed by atoms with van der Waals surface area (Å²) in [6, 6.07) is 25.7. The van der Waals surface area contributed by atoms with Crippen molar-refractivity contribution in [3.8, 4) is 23.0 Å². The zero-order valence-corrected chi connectivity index (χ0v) is 26.2. The SMILES string of the molecule is CC[Si](CC)(CC)Oc1ccc2c(c1)Oc1cc(O[Si](CC)(CC)CC)ccc1C2c1ccccc1C(=O)O. The third-order valence-electron chi connectivity index (χ3n) is 8.85. The monoisotopic (exact) mass is 562 g/mol. The Labute approximate surface area is 235 Å². The first kappa shape index (κ1) is 29.0. The summed E-state index contributed by atoms with van der Waals surface area (Å²) in [4.78, 5) is 12.2. The van der Waals surface area contributed by atoms with Gasteiger partial charge >= 0.3 is 5.97 Å². The lowest BCUT2D eigenvalue weighted by atomic mass is 9.80. The number of carboxylic acid groups (broad SMARTS) is 1. The van der Waals surface area contributed by atoms with Gasteiger partial charge in [0.1, 0.15) is 23.0 Å². The van der Waals surface area contributed by atoms with Gasteiger partial charge in [0.05, 0.1) is 5.56 Å². The summed E-state index contributed by atoms with van der Waals surface area (Å²) in [5.74, 6) is 1.84. The Hall–Kier alpha value is -3.04. The number of benzene rings is 3. The van der Waals surface area contributed by atoms with Crippen LogP contribution in [-0.4, -0.2) is 27.7 Å². The second-order valence-corrected chi connectivity index (χ2v) is 19.9. The van der Waals surface area contributed by atoms with Crippen LogP contribution in [0.5, 0.6) is 23.0 Å². The van der Waals surface area contributed by atoms with Crippen molar-refractivity contribution in [1.29, 1.82) is 0 Å². The maximum absolute atomic E-state index is 12.2. The van der Waals surface area contributed by atoms with Gasteiger partial charge in [-0.2, -0.15) is 0 Å². The molecule has 1 aliphatic heterocycles. The van der Waals surface area contributed by atoms with Gasteiger partial charge in [0.25, 0.3) is 0 Å². The van der Waals surface area contributed by atoms with E-state index in [-0.39, 0.29) is 5.92 Å². The molecule has 3 aromatic carbocycles. The Kier molecular flexibility index (Phi) is 8.91. The highest BCUT2D eigenvalue weighted by atomic mass is 28.4. The normalized spacial score (nSPS) is 13.3. The fraction of sp³-hybridized carbons (Fsp3) is 0.406. The van der Waals surface area contributed by atoms with Crippen LogP contribution in [0.3, 0.4) is 0 Å². The van der Waals surface area contributed by atoms with Gasteiger partial charge in [-0.3, -0.25) is 0 Å². The third kappa shape index (κ3) is 5.66. The molecule has 0 saturated heterocycles. The van der Waals surface area contributed by atoms with Crippen LogP contribution in [0.25, 0.3) is 0 Å². The standard InChI is InChI=1S/C32H42O5Si2/c1-7-38(8-2,9-3)36-23-17-19-27-29(21-23)35-30-22-24(37-39(10-4,11-5)12-6)18-20-28(30)31(27)25-15-13-14-16-26(25)32(33)34/h13-22,31H,7-12H2,1-6H3,(H,33,34). The van der Waals surface area contributed by atoms with E-state index in [4.69, 9.17) is 13.6 Å². The van der Waals surface area contributed by atoms with E-state index in [0.29, 0.717) is 17.1 Å². The van der Waals surface area contributed by atoms with Crippen LogP contribution in [0.1, 0.15) is 74.5 Å². The van der Waals surface area contributed by atoms with Crippen molar-refractivity contribution in [1.82, 2.24) is 0 Å². The van der Waals surface area contributed by atoms with E-state index < -0.39 is 22.6 Å².